The molecule has 0 fully saturated rings. The van der Waals surface area contributed by atoms with Crippen molar-refractivity contribution in [2.75, 3.05) is 0 Å². The molecule has 258 valence electrons. The average molecular weight is 700 g/mol. The molecule has 0 heterocycles. The van der Waals surface area contributed by atoms with Crippen molar-refractivity contribution in [2.45, 2.75) is 234 Å². The molecule has 0 aliphatic heterocycles. The summed E-state index contributed by atoms with van der Waals surface area (Å²) in [5.74, 6) is 0. The molecule has 0 aromatic heterocycles. The third kappa shape index (κ3) is 27.1. The summed E-state index contributed by atoms with van der Waals surface area (Å²) < 4.78 is 0. The van der Waals surface area contributed by atoms with E-state index in [1.807, 2.05) is 0 Å². The Morgan fingerprint density at radius 3 is 0.220 bits per heavy atom. The van der Waals surface area contributed by atoms with Gasteiger partial charge in [0.05, 0.1) is 0 Å². The average Bonchev–Trinajstić information content (AvgIpc) is 2.64. The van der Waals surface area contributed by atoms with E-state index in [9.17, 15) is 0 Å². The molecule has 0 aliphatic rings. The van der Waals surface area contributed by atoms with E-state index in [4.69, 9.17) is 0 Å². The van der Waals surface area contributed by atoms with Crippen molar-refractivity contribution in [3.8, 4) is 0 Å². The fraction of sp³-hybridized carbons (Fsp3) is 1.00. The molecule has 0 atom stereocenters. The van der Waals surface area contributed by atoms with Gasteiger partial charge < -0.3 is 0 Å². The van der Waals surface area contributed by atoms with Gasteiger partial charge in [0.1, 0.15) is 0 Å². The topological polar surface area (TPSA) is 0 Å². The van der Waals surface area contributed by atoms with E-state index in [1.165, 1.54) is 0 Å². The summed E-state index contributed by atoms with van der Waals surface area (Å²) in [5, 5.41) is 0. The zero-order valence-electron chi connectivity index (χ0n) is 33.0. The van der Waals surface area contributed by atoms with Crippen LogP contribution in [0.25, 0.3) is 0 Å². The van der Waals surface area contributed by atoms with Gasteiger partial charge in [0, 0.05) is 16.5 Å². The monoisotopic (exact) mass is 698 g/mol. The summed E-state index contributed by atoms with van der Waals surface area (Å²) in [7, 11) is 1.05. The van der Waals surface area contributed by atoms with Crippen LogP contribution >= 0.6 is 31.7 Å². The standard InChI is InChI=1S/4C9H21P.Ni/c4*1-7(2)10(8(3)4)9(5)6;/h4*7-9H,1-6H3;. The first-order valence-electron chi connectivity index (χ1n) is 17.0. The Morgan fingerprint density at radius 1 is 0.171 bits per heavy atom. The van der Waals surface area contributed by atoms with E-state index >= 15 is 0 Å². The Kier molecular flexibility index (Phi) is 36.6. The summed E-state index contributed by atoms with van der Waals surface area (Å²) in [6.45, 7) is 56.5. The molecule has 0 radical (unpaired) electrons. The third-order valence-electron chi connectivity index (χ3n) is 7.16. The molecule has 0 unspecified atom stereocenters. The Bertz CT molecular complexity index is 366. The van der Waals surface area contributed by atoms with Gasteiger partial charge in [-0.15, -0.1) is 0 Å². The quantitative estimate of drug-likeness (QED) is 0.141. The smallest absolute Gasteiger partial charge is 0 e. The molecule has 0 amide bonds. The second-order valence-corrected chi connectivity index (χ2v) is 30.9. The number of rotatable bonds is 12. The Hall–Kier alpha value is 2.21. The Morgan fingerprint density at radius 2 is 0.220 bits per heavy atom. The van der Waals surface area contributed by atoms with Crippen molar-refractivity contribution >= 4 is 31.7 Å². The second-order valence-electron chi connectivity index (χ2n) is 14.9. The van der Waals surface area contributed by atoms with Crippen molar-refractivity contribution in [3.63, 3.8) is 0 Å². The minimum atomic E-state index is 0. The second kappa shape index (κ2) is 28.4. The summed E-state index contributed by atoms with van der Waals surface area (Å²) in [6.07, 6.45) is 0. The molecule has 5 heteroatoms. The first kappa shape index (κ1) is 52.7. The van der Waals surface area contributed by atoms with Crippen molar-refractivity contribution < 1.29 is 16.5 Å². The maximum Gasteiger partial charge on any atom is 0 e. The molecule has 0 bridgehead atoms. The zero-order valence-corrected chi connectivity index (χ0v) is 37.6. The minimum absolute atomic E-state index is 0. The summed E-state index contributed by atoms with van der Waals surface area (Å²) >= 11 is 0. The van der Waals surface area contributed by atoms with Crippen molar-refractivity contribution in [1.82, 2.24) is 0 Å². The van der Waals surface area contributed by atoms with Crippen molar-refractivity contribution in [2.24, 2.45) is 0 Å². The van der Waals surface area contributed by atoms with Crippen LogP contribution < -0.4 is 0 Å². The first-order valence-corrected chi connectivity index (χ1v) is 23.2. The molecule has 0 saturated carbocycles. The summed E-state index contributed by atoms with van der Waals surface area (Å²) in [5.41, 5.74) is 10.8. The first-order chi connectivity index (χ1) is 17.9. The van der Waals surface area contributed by atoms with Gasteiger partial charge in [-0.25, -0.2) is 0 Å². The van der Waals surface area contributed by atoms with Gasteiger partial charge in [-0.05, 0) is 67.9 Å². The molecule has 0 aromatic carbocycles. The maximum atomic E-state index is 2.35. The van der Waals surface area contributed by atoms with Crippen LogP contribution in [0.1, 0.15) is 166 Å². The molecule has 0 nitrogen and oxygen atoms in total. The van der Waals surface area contributed by atoms with Gasteiger partial charge in [0.2, 0.25) is 0 Å². The zero-order chi connectivity index (χ0) is 33.2. The van der Waals surface area contributed by atoms with Gasteiger partial charge in [-0.1, -0.05) is 198 Å². The Labute approximate surface area is 281 Å². The fourth-order valence-corrected chi connectivity index (χ4v) is 21.5. The van der Waals surface area contributed by atoms with E-state index in [2.05, 4.69) is 166 Å². The van der Waals surface area contributed by atoms with Crippen molar-refractivity contribution in [1.29, 1.82) is 0 Å². The van der Waals surface area contributed by atoms with Gasteiger partial charge in [-0.3, -0.25) is 0 Å². The predicted molar refractivity (Wildman–Crippen MR) is 209 cm³/mol. The normalized spacial score (nSPS) is 12.3. The van der Waals surface area contributed by atoms with Gasteiger partial charge >= 0.3 is 0 Å². The van der Waals surface area contributed by atoms with Gasteiger partial charge in [0.25, 0.3) is 0 Å². The molecular formula is C36H84NiP4. The van der Waals surface area contributed by atoms with Crippen molar-refractivity contribution in [3.05, 3.63) is 0 Å². The van der Waals surface area contributed by atoms with Crippen LogP contribution in [0.5, 0.6) is 0 Å². The predicted octanol–water partition coefficient (Wildman–Crippen LogP) is 14.8. The molecule has 0 aliphatic carbocycles. The molecule has 0 aromatic rings. The van der Waals surface area contributed by atoms with E-state index in [0.717, 1.165) is 67.9 Å². The van der Waals surface area contributed by atoms with Crippen LogP contribution in [0.15, 0.2) is 0 Å². The number of hydrogen-bond acceptors (Lipinski definition) is 0. The van der Waals surface area contributed by atoms with E-state index in [-0.39, 0.29) is 48.2 Å². The molecule has 0 saturated heterocycles. The molecule has 41 heavy (non-hydrogen) atoms. The minimum Gasteiger partial charge on any atom is -0.0988 e. The fourth-order valence-electron chi connectivity index (χ4n) is 7.16. The molecular weight excluding hydrogens is 615 g/mol. The Balaban J connectivity index is -0.000000139. The van der Waals surface area contributed by atoms with E-state index in [1.54, 1.807) is 0 Å². The van der Waals surface area contributed by atoms with Gasteiger partial charge in [0.15, 0.2) is 0 Å². The van der Waals surface area contributed by atoms with Crippen LogP contribution in [0, 0.1) is 0 Å². The number of hydrogen-bond donors (Lipinski definition) is 0. The summed E-state index contributed by atoms with van der Waals surface area (Å²) in [4.78, 5) is 0. The molecule has 0 spiro atoms. The largest absolute Gasteiger partial charge is 0.0988 e. The van der Waals surface area contributed by atoms with E-state index in [0.29, 0.717) is 0 Å². The van der Waals surface area contributed by atoms with Crippen LogP contribution in [0.2, 0.25) is 0 Å². The van der Waals surface area contributed by atoms with Crippen LogP contribution in [-0.2, 0) is 16.5 Å². The van der Waals surface area contributed by atoms with Crippen LogP contribution in [-0.4, -0.2) is 67.9 Å². The molecule has 0 rings (SSSR count). The third-order valence-corrected chi connectivity index (χ3v) is 21.5. The van der Waals surface area contributed by atoms with Crippen LogP contribution in [0.3, 0.4) is 0 Å². The maximum absolute atomic E-state index is 2.35. The van der Waals surface area contributed by atoms with E-state index < -0.39 is 0 Å². The summed E-state index contributed by atoms with van der Waals surface area (Å²) in [6, 6.07) is 0. The van der Waals surface area contributed by atoms with Gasteiger partial charge in [-0.2, -0.15) is 0 Å². The molecule has 0 N–H and O–H groups in total. The SMILES string of the molecule is CC(C)P(C(C)C)C(C)C.CC(C)P(C(C)C)C(C)C.CC(C)P(C(C)C)C(C)C.CC(C)P(C(C)C)C(C)C.[Ni]. The van der Waals surface area contributed by atoms with Crippen LogP contribution in [0.4, 0.5) is 0 Å².